The van der Waals surface area contributed by atoms with Crippen LogP contribution in [0.5, 0.6) is 0 Å². The van der Waals surface area contributed by atoms with Gasteiger partial charge in [-0.2, -0.15) is 0 Å². The van der Waals surface area contributed by atoms with Gasteiger partial charge in [0.25, 0.3) is 0 Å². The van der Waals surface area contributed by atoms with Crippen LogP contribution in [0.1, 0.15) is 34.1 Å². The van der Waals surface area contributed by atoms with E-state index >= 15 is 0 Å². The van der Waals surface area contributed by atoms with Crippen LogP contribution in [0.15, 0.2) is 0 Å². The highest BCUT2D eigenvalue weighted by Gasteiger charge is 2.24. The van der Waals surface area contributed by atoms with Gasteiger partial charge >= 0.3 is 0 Å². The lowest BCUT2D eigenvalue weighted by atomic mass is 9.89. The Labute approximate surface area is 74.5 Å². The fourth-order valence-corrected chi connectivity index (χ4v) is 0.815. The van der Waals surface area contributed by atoms with E-state index in [4.69, 9.17) is 11.1 Å². The second kappa shape index (κ2) is 4.01. The Morgan fingerprint density at radius 3 is 2.25 bits per heavy atom. The highest BCUT2D eigenvalue weighted by molar-refractivity contribution is 5.80. The molecule has 0 spiro atoms. The first-order chi connectivity index (χ1) is 5.25. The van der Waals surface area contributed by atoms with Crippen LogP contribution in [-0.4, -0.2) is 22.5 Å². The Morgan fingerprint density at radius 1 is 1.58 bits per heavy atom. The molecule has 0 radical (unpaired) electrons. The Kier molecular flexibility index (Phi) is 3.87. The monoisotopic (exact) mass is 172 g/mol. The fourth-order valence-electron chi connectivity index (χ4n) is 0.815. The molecular weight excluding hydrogens is 152 g/mol. The van der Waals surface area contributed by atoms with Crippen LogP contribution in [0.4, 0.5) is 0 Å². The molecule has 0 fully saturated rings. The van der Waals surface area contributed by atoms with Gasteiger partial charge in [0.15, 0.2) is 0 Å². The highest BCUT2D eigenvalue weighted by Crippen LogP contribution is 2.15. The second-order valence-electron chi connectivity index (χ2n) is 4.16. The molecule has 0 bridgehead atoms. The van der Waals surface area contributed by atoms with Crippen LogP contribution in [0.2, 0.25) is 0 Å². The molecule has 0 aliphatic heterocycles. The van der Waals surface area contributed by atoms with Gasteiger partial charge in [0.2, 0.25) is 0 Å². The lowest BCUT2D eigenvalue weighted by Crippen LogP contribution is -2.46. The van der Waals surface area contributed by atoms with Crippen molar-refractivity contribution in [2.75, 3.05) is 0 Å². The molecule has 72 valence electrons. The molecular formula is C9H20N2O. The Balaban J connectivity index is 4.01. The maximum Gasteiger partial charge on any atom is 0.0720 e. The first-order valence-electron chi connectivity index (χ1n) is 4.27. The summed E-state index contributed by atoms with van der Waals surface area (Å²) in [6.45, 7) is 7.27. The van der Waals surface area contributed by atoms with Crippen molar-refractivity contribution in [3.8, 4) is 0 Å². The number of hydrogen-bond donors (Lipinski definition) is 3. The molecule has 0 aromatic carbocycles. The average molecular weight is 172 g/mol. The molecule has 0 aliphatic carbocycles. The van der Waals surface area contributed by atoms with Crippen molar-refractivity contribution in [1.82, 2.24) is 0 Å². The summed E-state index contributed by atoms with van der Waals surface area (Å²) in [5.41, 5.74) is 5.74. The minimum Gasteiger partial charge on any atom is -0.391 e. The predicted octanol–water partition coefficient (Wildman–Crippen LogP) is 1.15. The van der Waals surface area contributed by atoms with Crippen LogP contribution in [-0.2, 0) is 0 Å². The number of nitrogens with two attached hydrogens (primary N) is 1. The van der Waals surface area contributed by atoms with Crippen molar-refractivity contribution in [2.24, 2.45) is 11.7 Å². The van der Waals surface area contributed by atoms with Gasteiger partial charge in [-0.15, -0.1) is 0 Å². The van der Waals surface area contributed by atoms with Gasteiger partial charge in [0.05, 0.1) is 6.10 Å². The SMILES string of the molecule is CC(=N)C(C)CC(O)C(C)(C)N. The summed E-state index contributed by atoms with van der Waals surface area (Å²) in [5, 5.41) is 16.9. The summed E-state index contributed by atoms with van der Waals surface area (Å²) in [6, 6.07) is 0. The Bertz CT molecular complexity index is 160. The third-order valence-electron chi connectivity index (χ3n) is 2.17. The van der Waals surface area contributed by atoms with E-state index in [1.165, 1.54) is 0 Å². The van der Waals surface area contributed by atoms with Gasteiger partial charge < -0.3 is 16.2 Å². The number of hydrogen-bond acceptors (Lipinski definition) is 3. The number of aliphatic hydroxyl groups is 1. The van der Waals surface area contributed by atoms with Crippen molar-refractivity contribution in [2.45, 2.75) is 45.8 Å². The first-order valence-corrected chi connectivity index (χ1v) is 4.27. The molecule has 2 atom stereocenters. The molecule has 0 aromatic heterocycles. The first kappa shape index (κ1) is 11.6. The second-order valence-corrected chi connectivity index (χ2v) is 4.16. The van der Waals surface area contributed by atoms with Crippen LogP contribution >= 0.6 is 0 Å². The van der Waals surface area contributed by atoms with Crippen molar-refractivity contribution in [3.63, 3.8) is 0 Å². The summed E-state index contributed by atoms with van der Waals surface area (Å²) in [7, 11) is 0. The maximum absolute atomic E-state index is 9.58. The largest absolute Gasteiger partial charge is 0.391 e. The van der Waals surface area contributed by atoms with Crippen molar-refractivity contribution in [1.29, 1.82) is 5.41 Å². The Hall–Kier alpha value is -0.410. The summed E-state index contributed by atoms with van der Waals surface area (Å²) < 4.78 is 0. The molecule has 2 unspecified atom stereocenters. The minimum atomic E-state index is -0.566. The maximum atomic E-state index is 9.58. The fraction of sp³-hybridized carbons (Fsp3) is 0.889. The van der Waals surface area contributed by atoms with Crippen molar-refractivity contribution >= 4 is 5.71 Å². The molecule has 0 aromatic rings. The number of rotatable bonds is 4. The van der Waals surface area contributed by atoms with Crippen LogP contribution < -0.4 is 5.73 Å². The normalized spacial score (nSPS) is 17.2. The van der Waals surface area contributed by atoms with E-state index in [-0.39, 0.29) is 5.92 Å². The predicted molar refractivity (Wildman–Crippen MR) is 51.5 cm³/mol. The van der Waals surface area contributed by atoms with Gasteiger partial charge in [0, 0.05) is 11.3 Å². The van der Waals surface area contributed by atoms with E-state index in [9.17, 15) is 5.11 Å². The van der Waals surface area contributed by atoms with Crippen molar-refractivity contribution in [3.05, 3.63) is 0 Å². The van der Waals surface area contributed by atoms with Crippen LogP contribution in [0.3, 0.4) is 0 Å². The van der Waals surface area contributed by atoms with Gasteiger partial charge in [-0.1, -0.05) is 6.92 Å². The Morgan fingerprint density at radius 2 is 2.00 bits per heavy atom. The zero-order valence-electron chi connectivity index (χ0n) is 8.39. The molecule has 3 nitrogen and oxygen atoms in total. The highest BCUT2D eigenvalue weighted by atomic mass is 16.3. The standard InChI is InChI=1S/C9H20N2O/c1-6(7(2)10)5-8(12)9(3,4)11/h6,8,10,12H,5,11H2,1-4H3. The zero-order valence-corrected chi connectivity index (χ0v) is 8.39. The third kappa shape index (κ3) is 3.83. The van der Waals surface area contributed by atoms with Crippen LogP contribution in [0.25, 0.3) is 0 Å². The van der Waals surface area contributed by atoms with Gasteiger partial charge in [-0.25, -0.2) is 0 Å². The van der Waals surface area contributed by atoms with E-state index in [2.05, 4.69) is 0 Å². The molecule has 0 heterocycles. The third-order valence-corrected chi connectivity index (χ3v) is 2.17. The molecule has 3 heteroatoms. The van der Waals surface area contributed by atoms with Gasteiger partial charge in [-0.3, -0.25) is 0 Å². The smallest absolute Gasteiger partial charge is 0.0720 e. The lowest BCUT2D eigenvalue weighted by Gasteiger charge is -2.27. The summed E-state index contributed by atoms with van der Waals surface area (Å²) >= 11 is 0. The van der Waals surface area contributed by atoms with E-state index in [1.807, 2.05) is 6.92 Å². The number of nitrogens with one attached hydrogen (secondary N) is 1. The van der Waals surface area contributed by atoms with E-state index in [0.29, 0.717) is 12.1 Å². The average Bonchev–Trinajstić information content (AvgIpc) is 1.85. The zero-order chi connectivity index (χ0) is 9.94. The molecule has 0 rings (SSSR count). The van der Waals surface area contributed by atoms with E-state index < -0.39 is 11.6 Å². The summed E-state index contributed by atoms with van der Waals surface area (Å²) in [6.07, 6.45) is 0.0338. The molecule has 4 N–H and O–H groups in total. The van der Waals surface area contributed by atoms with E-state index in [1.54, 1.807) is 20.8 Å². The lowest BCUT2D eigenvalue weighted by molar-refractivity contribution is 0.0883. The number of aliphatic hydroxyl groups excluding tert-OH is 1. The van der Waals surface area contributed by atoms with Crippen molar-refractivity contribution < 1.29 is 5.11 Å². The van der Waals surface area contributed by atoms with Gasteiger partial charge in [0.1, 0.15) is 0 Å². The van der Waals surface area contributed by atoms with E-state index in [0.717, 1.165) is 0 Å². The summed E-state index contributed by atoms with van der Waals surface area (Å²) in [4.78, 5) is 0. The quantitative estimate of drug-likeness (QED) is 0.557. The molecule has 0 aliphatic rings. The summed E-state index contributed by atoms with van der Waals surface area (Å²) in [5.74, 6) is 0.114. The molecule has 0 saturated heterocycles. The molecule has 0 saturated carbocycles. The minimum absolute atomic E-state index is 0.114. The van der Waals surface area contributed by atoms with Crippen LogP contribution in [0, 0.1) is 11.3 Å². The molecule has 0 amide bonds. The molecule has 12 heavy (non-hydrogen) atoms. The topological polar surface area (TPSA) is 70.1 Å². The van der Waals surface area contributed by atoms with Gasteiger partial charge in [-0.05, 0) is 33.1 Å².